The highest BCUT2D eigenvalue weighted by Gasteiger charge is 2.71. The van der Waals surface area contributed by atoms with E-state index in [9.17, 15) is 14.8 Å². The van der Waals surface area contributed by atoms with Crippen LogP contribution in [0.2, 0.25) is 0 Å². The number of fused-ring (bicyclic) bond motifs is 2. The van der Waals surface area contributed by atoms with Crippen LogP contribution < -0.4 is 0 Å². The van der Waals surface area contributed by atoms with E-state index in [0.29, 0.717) is 6.42 Å². The Morgan fingerprint density at radius 1 is 0.714 bits per heavy atom. The minimum Gasteiger partial charge on any atom is -0.361 e. The molecule has 7 heteroatoms. The number of aliphatic hydroxyl groups is 2. The lowest BCUT2D eigenvalue weighted by atomic mass is 9.98. The van der Waals surface area contributed by atoms with Gasteiger partial charge in [0.1, 0.15) is 6.61 Å². The fourth-order valence-electron chi connectivity index (χ4n) is 4.04. The van der Waals surface area contributed by atoms with Gasteiger partial charge < -0.3 is 10.2 Å². The van der Waals surface area contributed by atoms with Crippen LogP contribution in [0.25, 0.3) is 0 Å². The zero-order valence-electron chi connectivity index (χ0n) is 17.7. The molecule has 2 saturated heterocycles. The van der Waals surface area contributed by atoms with E-state index in [2.05, 4.69) is 6.92 Å². The predicted molar refractivity (Wildman–Crippen MR) is 110 cm³/mol. The first-order valence-electron chi connectivity index (χ1n) is 11.5. The highest BCUT2D eigenvalue weighted by Crippen LogP contribution is 2.69. The maximum atomic E-state index is 11.8. The lowest BCUT2D eigenvalue weighted by molar-refractivity contribution is -0.305. The number of phosphoric acid groups is 1. The van der Waals surface area contributed by atoms with Gasteiger partial charge in [-0.15, -0.1) is 0 Å². The Bertz CT molecular complexity index is 488. The summed E-state index contributed by atoms with van der Waals surface area (Å²) in [7, 11) is -3.76. The van der Waals surface area contributed by atoms with Gasteiger partial charge in [-0.3, -0.25) is 4.52 Å². The first-order chi connectivity index (χ1) is 13.4. The van der Waals surface area contributed by atoms with Crippen LogP contribution in [0.3, 0.4) is 0 Å². The molecule has 2 rings (SSSR count). The summed E-state index contributed by atoms with van der Waals surface area (Å²) in [5.41, 5.74) is 0. The van der Waals surface area contributed by atoms with Crippen molar-refractivity contribution < 1.29 is 28.3 Å². The SMILES string of the molecule is CCCCCCCCCCCCCCCCCCC1(O)OP2(=O)OCC1(O)O2. The van der Waals surface area contributed by atoms with E-state index in [0.717, 1.165) is 12.8 Å². The van der Waals surface area contributed by atoms with Crippen LogP contribution in [-0.2, 0) is 18.1 Å². The summed E-state index contributed by atoms with van der Waals surface area (Å²) < 4.78 is 26.4. The van der Waals surface area contributed by atoms with Crippen molar-refractivity contribution >= 4 is 7.82 Å². The molecule has 2 bridgehead atoms. The van der Waals surface area contributed by atoms with Gasteiger partial charge >= 0.3 is 7.82 Å². The molecule has 0 saturated carbocycles. The fraction of sp³-hybridized carbons (Fsp3) is 1.00. The van der Waals surface area contributed by atoms with Crippen molar-refractivity contribution in [3.8, 4) is 0 Å². The highest BCUT2D eigenvalue weighted by atomic mass is 31.2. The maximum absolute atomic E-state index is 11.8. The molecule has 2 aliphatic heterocycles. The fourth-order valence-corrected chi connectivity index (χ4v) is 5.69. The Labute approximate surface area is 171 Å². The quantitative estimate of drug-likeness (QED) is 0.215. The second kappa shape index (κ2) is 12.0. The zero-order chi connectivity index (χ0) is 20.3. The van der Waals surface area contributed by atoms with Crippen LogP contribution in [0.5, 0.6) is 0 Å². The average Bonchev–Trinajstić information content (AvgIpc) is 3.07. The predicted octanol–water partition coefficient (Wildman–Crippen LogP) is 6.20. The Balaban J connectivity index is 1.35. The Morgan fingerprint density at radius 3 is 1.50 bits per heavy atom. The van der Waals surface area contributed by atoms with Crippen LogP contribution in [0.1, 0.15) is 116 Å². The van der Waals surface area contributed by atoms with Crippen molar-refractivity contribution in [1.82, 2.24) is 0 Å². The molecule has 0 spiro atoms. The van der Waals surface area contributed by atoms with Crippen LogP contribution in [0.4, 0.5) is 0 Å². The summed E-state index contributed by atoms with van der Waals surface area (Å²) in [6.07, 6.45) is 20.5. The number of hydrogen-bond acceptors (Lipinski definition) is 6. The normalized spacial score (nSPS) is 31.7. The molecule has 0 aromatic carbocycles. The molecule has 0 aromatic rings. The standard InChI is InChI=1S/C21H41O6P/c1-2-3-4-5-6-7-8-9-10-11-12-13-14-15-16-17-18-20(22)21(23)19-25-28(24,26-20)27-21/h22-23H,2-19H2,1H3. The van der Waals surface area contributed by atoms with Gasteiger partial charge in [-0.05, 0) is 6.42 Å². The molecule has 0 amide bonds. The molecule has 2 aliphatic rings. The molecule has 0 aromatic heterocycles. The monoisotopic (exact) mass is 420 g/mol. The molecular formula is C21H41O6P. The van der Waals surface area contributed by atoms with E-state index in [1.807, 2.05) is 0 Å². The molecule has 6 nitrogen and oxygen atoms in total. The summed E-state index contributed by atoms with van der Waals surface area (Å²) >= 11 is 0. The number of rotatable bonds is 17. The second-order valence-corrected chi connectivity index (χ2v) is 10.0. The molecule has 166 valence electrons. The van der Waals surface area contributed by atoms with Gasteiger partial charge in [-0.25, -0.2) is 13.6 Å². The summed E-state index contributed by atoms with van der Waals surface area (Å²) in [5, 5.41) is 20.5. The number of phosphoric ester groups is 1. The molecular weight excluding hydrogens is 379 g/mol. The summed E-state index contributed by atoms with van der Waals surface area (Å²) in [4.78, 5) is 0. The van der Waals surface area contributed by atoms with Crippen molar-refractivity contribution in [2.45, 2.75) is 128 Å². The van der Waals surface area contributed by atoms with E-state index < -0.39 is 19.4 Å². The lowest BCUT2D eigenvalue weighted by Gasteiger charge is -2.33. The van der Waals surface area contributed by atoms with Gasteiger partial charge in [0, 0.05) is 6.42 Å². The molecule has 2 heterocycles. The summed E-state index contributed by atoms with van der Waals surface area (Å²) in [5.74, 6) is -3.89. The molecule has 2 fully saturated rings. The molecule has 0 radical (unpaired) electrons. The number of unbranched alkanes of at least 4 members (excludes halogenated alkanes) is 15. The van der Waals surface area contributed by atoms with Gasteiger partial charge in [0.25, 0.3) is 5.79 Å². The molecule has 3 atom stereocenters. The van der Waals surface area contributed by atoms with E-state index in [-0.39, 0.29) is 13.0 Å². The van der Waals surface area contributed by atoms with E-state index in [1.54, 1.807) is 0 Å². The summed E-state index contributed by atoms with van der Waals surface area (Å²) in [6, 6.07) is 0. The van der Waals surface area contributed by atoms with Gasteiger partial charge in [0.05, 0.1) is 0 Å². The third kappa shape index (κ3) is 7.37. The third-order valence-electron chi connectivity index (χ3n) is 5.92. The molecule has 2 N–H and O–H groups in total. The zero-order valence-corrected chi connectivity index (χ0v) is 18.6. The van der Waals surface area contributed by atoms with E-state index in [4.69, 9.17) is 13.6 Å². The molecule has 3 unspecified atom stereocenters. The van der Waals surface area contributed by atoms with E-state index in [1.165, 1.54) is 83.5 Å². The van der Waals surface area contributed by atoms with Crippen molar-refractivity contribution in [3.05, 3.63) is 0 Å². The van der Waals surface area contributed by atoms with Gasteiger partial charge in [0.15, 0.2) is 0 Å². The van der Waals surface area contributed by atoms with Crippen molar-refractivity contribution in [3.63, 3.8) is 0 Å². The topological polar surface area (TPSA) is 85.2 Å². The second-order valence-electron chi connectivity index (χ2n) is 8.53. The first kappa shape index (κ1) is 24.3. The van der Waals surface area contributed by atoms with Gasteiger partial charge in [0.2, 0.25) is 5.79 Å². The Morgan fingerprint density at radius 2 is 1.14 bits per heavy atom. The van der Waals surface area contributed by atoms with Crippen LogP contribution >= 0.6 is 7.82 Å². The average molecular weight is 421 g/mol. The van der Waals surface area contributed by atoms with Crippen LogP contribution in [-0.4, -0.2) is 28.4 Å². The summed E-state index contributed by atoms with van der Waals surface area (Å²) in [6.45, 7) is 1.96. The Kier molecular flexibility index (Phi) is 10.4. The minimum absolute atomic E-state index is 0.204. The van der Waals surface area contributed by atoms with Crippen molar-refractivity contribution in [1.29, 1.82) is 0 Å². The third-order valence-corrected chi connectivity index (χ3v) is 7.42. The van der Waals surface area contributed by atoms with Crippen LogP contribution in [0.15, 0.2) is 0 Å². The largest absolute Gasteiger partial charge is 0.480 e. The van der Waals surface area contributed by atoms with E-state index >= 15 is 0 Å². The molecule has 0 aliphatic carbocycles. The van der Waals surface area contributed by atoms with Crippen molar-refractivity contribution in [2.24, 2.45) is 0 Å². The van der Waals surface area contributed by atoms with Crippen molar-refractivity contribution in [2.75, 3.05) is 6.61 Å². The highest BCUT2D eigenvalue weighted by molar-refractivity contribution is 7.49. The van der Waals surface area contributed by atoms with Gasteiger partial charge in [-0.1, -0.05) is 103 Å². The minimum atomic E-state index is -3.76. The molecule has 28 heavy (non-hydrogen) atoms. The Hall–Kier alpha value is 0.0300. The van der Waals surface area contributed by atoms with Gasteiger partial charge in [-0.2, -0.15) is 0 Å². The lowest BCUT2D eigenvalue weighted by Crippen LogP contribution is -2.54. The maximum Gasteiger partial charge on any atom is 0.480 e. The smallest absolute Gasteiger partial charge is 0.361 e. The number of hydrogen-bond donors (Lipinski definition) is 2. The van der Waals surface area contributed by atoms with Crippen LogP contribution in [0, 0.1) is 0 Å². The first-order valence-corrected chi connectivity index (χ1v) is 13.0.